The quantitative estimate of drug-likeness (QED) is 0.523. The van der Waals surface area contributed by atoms with Gasteiger partial charge in [-0.25, -0.2) is 9.71 Å². The molecule has 0 bridgehead atoms. The highest BCUT2D eigenvalue weighted by molar-refractivity contribution is 7.92. The van der Waals surface area contributed by atoms with E-state index >= 15 is 0 Å². The van der Waals surface area contributed by atoms with Crippen LogP contribution in [-0.4, -0.2) is 48.8 Å². The lowest BCUT2D eigenvalue weighted by molar-refractivity contribution is -0.156. The Hall–Kier alpha value is -2.98. The van der Waals surface area contributed by atoms with Gasteiger partial charge in [0.05, 0.1) is 16.8 Å². The lowest BCUT2D eigenvalue weighted by atomic mass is 9.85. The number of hydrogen-bond acceptors (Lipinski definition) is 7. The summed E-state index contributed by atoms with van der Waals surface area (Å²) in [6.45, 7) is 4.36. The van der Waals surface area contributed by atoms with Gasteiger partial charge in [0.2, 0.25) is 10.2 Å². The number of nitrogens with zero attached hydrogens (tertiary/aromatic N) is 2. The van der Waals surface area contributed by atoms with Gasteiger partial charge in [0.1, 0.15) is 11.3 Å². The molecule has 4 rings (SSSR count). The highest BCUT2D eigenvalue weighted by Gasteiger charge is 2.50. The first-order chi connectivity index (χ1) is 15.7. The standard InChI is InChI=1S/C23H25N3O5S2/c1-3-31-17-10-11-18-19(15-17)32-22(24-18)33(29,30)25-21(28)23(2)13-14-26(23)20(27)12-9-16-7-5-4-6-8-16/h4-8,10-11,15H,3,9,12-14H2,1-2H3,(H,25,28). The fourth-order valence-corrected chi connectivity index (χ4v) is 6.09. The van der Waals surface area contributed by atoms with E-state index in [0.717, 1.165) is 16.9 Å². The number of aryl methyl sites for hydroxylation is 1. The number of ether oxygens (including phenoxy) is 1. The van der Waals surface area contributed by atoms with Crippen LogP contribution in [-0.2, 0) is 26.0 Å². The minimum Gasteiger partial charge on any atom is -0.494 e. The van der Waals surface area contributed by atoms with Gasteiger partial charge in [-0.05, 0) is 50.5 Å². The molecule has 1 aliphatic heterocycles. The van der Waals surface area contributed by atoms with Crippen molar-refractivity contribution in [2.75, 3.05) is 13.2 Å². The molecular formula is C23H25N3O5S2. The predicted octanol–water partition coefficient (Wildman–Crippen LogP) is 3.12. The van der Waals surface area contributed by atoms with E-state index in [1.807, 2.05) is 37.3 Å². The van der Waals surface area contributed by atoms with Crippen LogP contribution in [0.4, 0.5) is 0 Å². The zero-order valence-corrected chi connectivity index (χ0v) is 20.0. The molecule has 1 aromatic heterocycles. The average molecular weight is 488 g/mol. The van der Waals surface area contributed by atoms with Gasteiger partial charge in [0.15, 0.2) is 0 Å². The molecule has 2 amide bonds. The molecule has 174 valence electrons. The Bertz CT molecular complexity index is 1290. The Balaban J connectivity index is 1.45. The number of hydrogen-bond donors (Lipinski definition) is 1. The third-order valence-electron chi connectivity index (χ3n) is 5.79. The van der Waals surface area contributed by atoms with Gasteiger partial charge in [-0.3, -0.25) is 9.59 Å². The van der Waals surface area contributed by atoms with Gasteiger partial charge in [0.25, 0.3) is 15.9 Å². The van der Waals surface area contributed by atoms with E-state index in [4.69, 9.17) is 4.74 Å². The summed E-state index contributed by atoms with van der Waals surface area (Å²) in [4.78, 5) is 31.3. The van der Waals surface area contributed by atoms with Crippen LogP contribution < -0.4 is 9.46 Å². The summed E-state index contributed by atoms with van der Waals surface area (Å²) in [6, 6.07) is 14.7. The maximum Gasteiger partial charge on any atom is 0.291 e. The number of rotatable bonds is 8. The second kappa shape index (κ2) is 9.11. The maximum atomic E-state index is 13.0. The van der Waals surface area contributed by atoms with Crippen molar-refractivity contribution >= 4 is 43.4 Å². The summed E-state index contributed by atoms with van der Waals surface area (Å²) < 4.78 is 33.8. The second-order valence-corrected chi connectivity index (χ2v) is 10.9. The highest BCUT2D eigenvalue weighted by atomic mass is 32.2. The largest absolute Gasteiger partial charge is 0.494 e. The van der Waals surface area contributed by atoms with E-state index in [0.29, 0.717) is 42.0 Å². The zero-order valence-electron chi connectivity index (χ0n) is 18.4. The van der Waals surface area contributed by atoms with Gasteiger partial charge in [-0.1, -0.05) is 30.3 Å². The molecule has 1 aliphatic rings. The number of likely N-dealkylation sites (tertiary alicyclic amines) is 1. The Morgan fingerprint density at radius 1 is 1.21 bits per heavy atom. The summed E-state index contributed by atoms with van der Waals surface area (Å²) in [7, 11) is -4.18. The summed E-state index contributed by atoms with van der Waals surface area (Å²) in [5, 5.41) is 0. The fraction of sp³-hybridized carbons (Fsp3) is 0.348. The van der Waals surface area contributed by atoms with Crippen molar-refractivity contribution in [1.29, 1.82) is 0 Å². The minimum absolute atomic E-state index is 0.177. The first-order valence-electron chi connectivity index (χ1n) is 10.7. The first-order valence-corrected chi connectivity index (χ1v) is 13.0. The number of carbonyl (C=O) groups excluding carboxylic acids is 2. The van der Waals surface area contributed by atoms with E-state index in [2.05, 4.69) is 9.71 Å². The van der Waals surface area contributed by atoms with Crippen LogP contribution >= 0.6 is 11.3 Å². The number of benzene rings is 2. The molecule has 1 unspecified atom stereocenters. The van der Waals surface area contributed by atoms with Gasteiger partial charge in [0, 0.05) is 13.0 Å². The molecule has 2 aromatic carbocycles. The van der Waals surface area contributed by atoms with Crippen LogP contribution in [0.15, 0.2) is 52.9 Å². The lowest BCUT2D eigenvalue weighted by Gasteiger charge is -2.48. The molecule has 0 radical (unpaired) electrons. The Kier molecular flexibility index (Phi) is 6.40. The molecule has 1 saturated heterocycles. The van der Waals surface area contributed by atoms with Crippen molar-refractivity contribution in [2.45, 2.75) is 43.0 Å². The predicted molar refractivity (Wildman–Crippen MR) is 126 cm³/mol. The molecule has 1 N–H and O–H groups in total. The normalized spacial score (nSPS) is 18.1. The first kappa shape index (κ1) is 23.2. The third kappa shape index (κ3) is 4.72. The number of carbonyl (C=O) groups is 2. The highest BCUT2D eigenvalue weighted by Crippen LogP contribution is 2.33. The van der Waals surface area contributed by atoms with Crippen molar-refractivity contribution in [2.24, 2.45) is 0 Å². The Labute approximate surface area is 196 Å². The van der Waals surface area contributed by atoms with E-state index in [1.165, 1.54) is 4.90 Å². The average Bonchev–Trinajstić information content (AvgIpc) is 3.21. The minimum atomic E-state index is -4.18. The van der Waals surface area contributed by atoms with Gasteiger partial charge >= 0.3 is 0 Å². The third-order valence-corrected chi connectivity index (χ3v) is 8.51. The van der Waals surface area contributed by atoms with Crippen LogP contribution in [0.5, 0.6) is 5.75 Å². The van der Waals surface area contributed by atoms with Gasteiger partial charge < -0.3 is 9.64 Å². The molecule has 33 heavy (non-hydrogen) atoms. The molecule has 1 atom stereocenters. The molecule has 2 heterocycles. The molecule has 0 spiro atoms. The monoisotopic (exact) mass is 487 g/mol. The molecule has 3 aromatic rings. The molecule has 1 fully saturated rings. The number of nitrogens with one attached hydrogen (secondary N) is 1. The van der Waals surface area contributed by atoms with Crippen molar-refractivity contribution < 1.29 is 22.7 Å². The van der Waals surface area contributed by atoms with Crippen LogP contribution in [0.2, 0.25) is 0 Å². The van der Waals surface area contributed by atoms with E-state index in [-0.39, 0.29) is 16.7 Å². The van der Waals surface area contributed by atoms with E-state index in [9.17, 15) is 18.0 Å². The molecule has 8 nitrogen and oxygen atoms in total. The summed E-state index contributed by atoms with van der Waals surface area (Å²) in [5.74, 6) is -0.284. The van der Waals surface area contributed by atoms with Crippen molar-refractivity contribution in [3.05, 3.63) is 54.1 Å². The lowest BCUT2D eigenvalue weighted by Crippen LogP contribution is -2.67. The summed E-state index contributed by atoms with van der Waals surface area (Å²) in [5.41, 5.74) is 0.326. The topological polar surface area (TPSA) is 106 Å². The maximum absolute atomic E-state index is 13.0. The van der Waals surface area contributed by atoms with Crippen molar-refractivity contribution in [3.63, 3.8) is 0 Å². The van der Waals surface area contributed by atoms with Crippen molar-refractivity contribution in [3.8, 4) is 5.75 Å². The number of aromatic nitrogens is 1. The fourth-order valence-electron chi connectivity index (χ4n) is 3.76. The Morgan fingerprint density at radius 2 is 1.97 bits per heavy atom. The summed E-state index contributed by atoms with van der Waals surface area (Å²) >= 11 is 0.961. The SMILES string of the molecule is CCOc1ccc2nc(S(=O)(=O)NC(=O)C3(C)CCN3C(=O)CCc3ccccc3)sc2c1. The second-order valence-electron chi connectivity index (χ2n) is 8.03. The van der Waals surface area contributed by atoms with Crippen LogP contribution in [0, 0.1) is 0 Å². The molecule has 0 aliphatic carbocycles. The Morgan fingerprint density at radius 3 is 2.64 bits per heavy atom. The van der Waals surface area contributed by atoms with E-state index in [1.54, 1.807) is 25.1 Å². The molecule has 10 heteroatoms. The van der Waals surface area contributed by atoms with Crippen molar-refractivity contribution in [1.82, 2.24) is 14.6 Å². The van der Waals surface area contributed by atoms with Gasteiger partial charge in [-0.15, -0.1) is 11.3 Å². The van der Waals surface area contributed by atoms with E-state index < -0.39 is 21.5 Å². The van der Waals surface area contributed by atoms with Gasteiger partial charge in [-0.2, -0.15) is 8.42 Å². The van der Waals surface area contributed by atoms with Crippen LogP contribution in [0.3, 0.4) is 0 Å². The smallest absolute Gasteiger partial charge is 0.291 e. The van der Waals surface area contributed by atoms with Crippen LogP contribution in [0.25, 0.3) is 10.2 Å². The number of fused-ring (bicyclic) bond motifs is 1. The summed E-state index contributed by atoms with van der Waals surface area (Å²) in [6.07, 6.45) is 1.20. The molecular weight excluding hydrogens is 462 g/mol. The zero-order chi connectivity index (χ0) is 23.6. The van der Waals surface area contributed by atoms with Crippen LogP contribution in [0.1, 0.15) is 32.3 Å². The number of amides is 2. The number of sulfonamides is 1. The number of thiazole rings is 1. The molecule has 0 saturated carbocycles.